The molecule has 0 amide bonds. The van der Waals surface area contributed by atoms with Crippen LogP contribution in [0.5, 0.6) is 5.75 Å². The molecule has 0 saturated carbocycles. The van der Waals surface area contributed by atoms with Crippen LogP contribution in [-0.2, 0) is 10.0 Å². The molecular weight excluding hydrogens is 322 g/mol. The lowest BCUT2D eigenvalue weighted by Crippen LogP contribution is -2.28. The molecule has 0 aliphatic rings. The zero-order valence-corrected chi connectivity index (χ0v) is 16.2. The minimum absolute atomic E-state index is 0.404. The third kappa shape index (κ3) is 2.88. The maximum atomic E-state index is 13.2. The van der Waals surface area contributed by atoms with Crippen molar-refractivity contribution in [2.24, 2.45) is 0 Å². The highest BCUT2D eigenvalue weighted by Crippen LogP contribution is 2.33. The molecule has 5 heteroatoms. The molecule has 0 fully saturated rings. The minimum Gasteiger partial charge on any atom is -0.497 e. The largest absolute Gasteiger partial charge is 0.497 e. The van der Waals surface area contributed by atoms with Gasteiger partial charge in [-0.3, -0.25) is 4.31 Å². The first kappa shape index (κ1) is 18.3. The molecule has 0 aliphatic heterocycles. The van der Waals surface area contributed by atoms with Gasteiger partial charge in [-0.2, -0.15) is 0 Å². The SMILES string of the molecule is COc1ccc(N(C)S(=O)(=O)c2c(C)c(C)c(C)c(C)c2C)cc1. The third-order valence-electron chi connectivity index (χ3n) is 4.99. The van der Waals surface area contributed by atoms with Crippen molar-refractivity contribution in [1.82, 2.24) is 0 Å². The van der Waals surface area contributed by atoms with Crippen molar-refractivity contribution in [1.29, 1.82) is 0 Å². The van der Waals surface area contributed by atoms with Crippen molar-refractivity contribution in [3.05, 3.63) is 52.1 Å². The molecule has 0 heterocycles. The Hall–Kier alpha value is -2.01. The first-order valence-corrected chi connectivity index (χ1v) is 9.26. The fraction of sp³-hybridized carbons (Fsp3) is 0.368. The van der Waals surface area contributed by atoms with Crippen molar-refractivity contribution in [2.45, 2.75) is 39.5 Å². The summed E-state index contributed by atoms with van der Waals surface area (Å²) in [6.07, 6.45) is 0. The van der Waals surface area contributed by atoms with Crippen LogP contribution in [0.1, 0.15) is 27.8 Å². The van der Waals surface area contributed by atoms with Crippen LogP contribution in [0.2, 0.25) is 0 Å². The van der Waals surface area contributed by atoms with Gasteiger partial charge in [-0.1, -0.05) is 0 Å². The normalized spacial score (nSPS) is 11.5. The quantitative estimate of drug-likeness (QED) is 0.838. The first-order chi connectivity index (χ1) is 11.1. The lowest BCUT2D eigenvalue weighted by molar-refractivity contribution is 0.415. The van der Waals surface area contributed by atoms with Crippen LogP contribution in [0.4, 0.5) is 5.69 Å². The van der Waals surface area contributed by atoms with Crippen LogP contribution in [0.3, 0.4) is 0 Å². The van der Waals surface area contributed by atoms with Gasteiger partial charge in [0, 0.05) is 7.05 Å². The van der Waals surface area contributed by atoms with Gasteiger partial charge in [0.15, 0.2) is 0 Å². The minimum atomic E-state index is -3.64. The Bertz CT molecular complexity index is 839. The van der Waals surface area contributed by atoms with Crippen LogP contribution in [-0.4, -0.2) is 22.6 Å². The van der Waals surface area contributed by atoms with Gasteiger partial charge >= 0.3 is 0 Å². The predicted octanol–water partition coefficient (Wildman–Crippen LogP) is 4.06. The monoisotopic (exact) mass is 347 g/mol. The number of ether oxygens (including phenoxy) is 1. The number of hydrogen-bond donors (Lipinski definition) is 0. The summed E-state index contributed by atoms with van der Waals surface area (Å²) in [4.78, 5) is 0.404. The Morgan fingerprint density at radius 1 is 0.792 bits per heavy atom. The Labute approximate surface area is 145 Å². The summed E-state index contributed by atoms with van der Waals surface area (Å²) in [6.45, 7) is 9.74. The second kappa shape index (κ2) is 6.48. The number of rotatable bonds is 4. The van der Waals surface area contributed by atoms with E-state index in [2.05, 4.69) is 0 Å². The van der Waals surface area contributed by atoms with Crippen molar-refractivity contribution >= 4 is 15.7 Å². The Balaban J connectivity index is 2.62. The van der Waals surface area contributed by atoms with E-state index in [0.717, 1.165) is 27.8 Å². The topological polar surface area (TPSA) is 46.6 Å². The number of methoxy groups -OCH3 is 1. The molecule has 24 heavy (non-hydrogen) atoms. The van der Waals surface area contributed by atoms with Gasteiger partial charge in [0.05, 0.1) is 17.7 Å². The average Bonchev–Trinajstić information content (AvgIpc) is 2.57. The van der Waals surface area contributed by atoms with Crippen LogP contribution in [0.15, 0.2) is 29.2 Å². The van der Waals surface area contributed by atoms with E-state index < -0.39 is 10.0 Å². The molecule has 0 atom stereocenters. The summed E-state index contributed by atoms with van der Waals surface area (Å²) in [5.41, 5.74) is 5.44. The van der Waals surface area contributed by atoms with E-state index >= 15 is 0 Å². The van der Waals surface area contributed by atoms with Crippen LogP contribution in [0.25, 0.3) is 0 Å². The fourth-order valence-electron chi connectivity index (χ4n) is 2.92. The number of hydrogen-bond acceptors (Lipinski definition) is 3. The molecular formula is C19H25NO3S. The molecule has 0 aromatic heterocycles. The summed E-state index contributed by atoms with van der Waals surface area (Å²) in [7, 11) is -0.475. The van der Waals surface area contributed by atoms with E-state index in [9.17, 15) is 8.42 Å². The number of anilines is 1. The number of nitrogens with zero attached hydrogens (tertiary/aromatic N) is 1. The maximum Gasteiger partial charge on any atom is 0.264 e. The molecule has 0 unspecified atom stereocenters. The standard InChI is InChI=1S/C19H25NO3S/c1-12-13(2)15(4)19(16(5)14(12)3)24(21,22)20(6)17-8-10-18(23-7)11-9-17/h8-11H,1-7H3. The van der Waals surface area contributed by atoms with E-state index in [1.807, 2.05) is 34.6 Å². The molecule has 0 bridgehead atoms. The summed E-state index contributed by atoms with van der Waals surface area (Å²) in [6, 6.07) is 7.00. The maximum absolute atomic E-state index is 13.2. The molecule has 0 N–H and O–H groups in total. The van der Waals surface area contributed by atoms with E-state index in [1.165, 1.54) is 4.31 Å². The second-order valence-electron chi connectivity index (χ2n) is 6.12. The Kier molecular flexibility index (Phi) is 4.95. The summed E-state index contributed by atoms with van der Waals surface area (Å²) >= 11 is 0. The molecule has 0 saturated heterocycles. The van der Waals surface area contributed by atoms with Gasteiger partial charge in [0.1, 0.15) is 5.75 Å². The highest BCUT2D eigenvalue weighted by atomic mass is 32.2. The molecule has 2 aromatic carbocycles. The molecule has 4 nitrogen and oxygen atoms in total. The van der Waals surface area contributed by atoms with Gasteiger partial charge in [0.25, 0.3) is 10.0 Å². The second-order valence-corrected chi connectivity index (χ2v) is 8.03. The summed E-state index contributed by atoms with van der Waals surface area (Å²) in [5, 5.41) is 0. The van der Waals surface area contributed by atoms with E-state index in [-0.39, 0.29) is 0 Å². The molecule has 2 aromatic rings. The lowest BCUT2D eigenvalue weighted by atomic mass is 9.95. The van der Waals surface area contributed by atoms with Crippen molar-refractivity contribution in [3.63, 3.8) is 0 Å². The van der Waals surface area contributed by atoms with Gasteiger partial charge in [-0.05, 0) is 86.7 Å². The predicted molar refractivity (Wildman–Crippen MR) is 98.7 cm³/mol. The van der Waals surface area contributed by atoms with Gasteiger partial charge in [-0.15, -0.1) is 0 Å². The zero-order valence-electron chi connectivity index (χ0n) is 15.4. The summed E-state index contributed by atoms with van der Waals surface area (Å²) in [5.74, 6) is 0.693. The van der Waals surface area contributed by atoms with Crippen LogP contribution < -0.4 is 9.04 Å². The molecule has 0 aliphatic carbocycles. The number of benzene rings is 2. The van der Waals surface area contributed by atoms with Crippen LogP contribution in [0, 0.1) is 34.6 Å². The fourth-order valence-corrected chi connectivity index (χ4v) is 4.67. The first-order valence-electron chi connectivity index (χ1n) is 7.82. The molecule has 2 rings (SSSR count). The zero-order chi connectivity index (χ0) is 18.2. The van der Waals surface area contributed by atoms with Gasteiger partial charge in [0.2, 0.25) is 0 Å². The Morgan fingerprint density at radius 3 is 1.62 bits per heavy atom. The van der Waals surface area contributed by atoms with E-state index in [4.69, 9.17) is 4.74 Å². The van der Waals surface area contributed by atoms with Crippen LogP contribution >= 0.6 is 0 Å². The van der Waals surface area contributed by atoms with Crippen molar-refractivity contribution in [2.75, 3.05) is 18.5 Å². The van der Waals surface area contributed by atoms with Gasteiger partial charge < -0.3 is 4.74 Å². The lowest BCUT2D eigenvalue weighted by Gasteiger charge is -2.25. The number of sulfonamides is 1. The highest BCUT2D eigenvalue weighted by molar-refractivity contribution is 7.92. The average molecular weight is 347 g/mol. The van der Waals surface area contributed by atoms with Crippen molar-refractivity contribution in [3.8, 4) is 5.75 Å². The third-order valence-corrected chi connectivity index (χ3v) is 7.05. The Morgan fingerprint density at radius 2 is 1.21 bits per heavy atom. The van der Waals surface area contributed by atoms with Crippen molar-refractivity contribution < 1.29 is 13.2 Å². The molecule has 0 spiro atoms. The van der Waals surface area contributed by atoms with E-state index in [1.54, 1.807) is 38.4 Å². The highest BCUT2D eigenvalue weighted by Gasteiger charge is 2.28. The smallest absolute Gasteiger partial charge is 0.264 e. The van der Waals surface area contributed by atoms with E-state index in [0.29, 0.717) is 16.3 Å². The molecule has 0 radical (unpaired) electrons. The summed E-state index contributed by atoms with van der Waals surface area (Å²) < 4.78 is 32.9. The molecule has 130 valence electrons. The van der Waals surface area contributed by atoms with Gasteiger partial charge in [-0.25, -0.2) is 8.42 Å².